The zero-order valence-corrected chi connectivity index (χ0v) is 43.1. The number of ether oxygens (including phenoxy) is 4. The molecule has 6 aliphatic heterocycles. The Kier molecular flexibility index (Phi) is 8.56. The smallest absolute Gasteiger partial charge is 0.261 e. The van der Waals surface area contributed by atoms with Crippen molar-refractivity contribution in [1.82, 2.24) is 19.1 Å². The molecule has 10 nitrogen and oxygen atoms in total. The molecule has 0 fully saturated rings. The summed E-state index contributed by atoms with van der Waals surface area (Å²) >= 11 is 0. The van der Waals surface area contributed by atoms with Crippen LogP contribution in [0.4, 0.5) is 34.6 Å². The molecular weight excluding hydrogens is 997 g/mol. The molecule has 13 aromatic rings. The number of fused-ring (bicyclic) bond motifs is 16. The molecule has 81 heavy (non-hydrogen) atoms. The van der Waals surface area contributed by atoms with Crippen LogP contribution in [0.1, 0.15) is 0 Å². The Bertz CT molecular complexity index is 4590. The fourth-order valence-corrected chi connectivity index (χ4v) is 14.2. The van der Waals surface area contributed by atoms with Gasteiger partial charge in [0.25, 0.3) is 20.1 Å². The van der Waals surface area contributed by atoms with Gasteiger partial charge in [0.15, 0.2) is 0 Å². The average Bonchev–Trinajstić information content (AvgIpc) is 2.93. The third kappa shape index (κ3) is 5.78. The predicted molar refractivity (Wildman–Crippen MR) is 325 cm³/mol. The summed E-state index contributed by atoms with van der Waals surface area (Å²) in [5.74, 6) is 7.58. The van der Waals surface area contributed by atoms with Gasteiger partial charge in [0, 0.05) is 45.8 Å². The van der Waals surface area contributed by atoms with Crippen LogP contribution in [0.15, 0.2) is 237 Å². The van der Waals surface area contributed by atoms with Gasteiger partial charge in [-0.2, -0.15) is 0 Å². The average molecular weight is 1040 g/mol. The molecule has 0 spiro atoms. The first-order valence-corrected chi connectivity index (χ1v) is 27.5. The Labute approximate surface area is 465 Å². The highest BCUT2D eigenvalue weighted by molar-refractivity contribution is 7.05. The molecular formula is C68H39B3N6O4. The quantitative estimate of drug-likeness (QED) is 0.161. The normalized spacial score (nSPS) is 14.0. The van der Waals surface area contributed by atoms with Crippen LogP contribution in [0.5, 0.6) is 46.0 Å². The largest absolute Gasteiger partial charge is 0.459 e. The number of hydrogen-bond acceptors (Lipinski definition) is 8. The molecule has 6 aliphatic rings. The summed E-state index contributed by atoms with van der Waals surface area (Å²) in [7, 11) is 0. The number of anilines is 6. The van der Waals surface area contributed by atoms with Crippen molar-refractivity contribution in [3.63, 3.8) is 0 Å². The van der Waals surface area contributed by atoms with Crippen LogP contribution in [0, 0.1) is 0 Å². The third-order valence-electron chi connectivity index (χ3n) is 17.4. The van der Waals surface area contributed by atoms with E-state index >= 15 is 0 Å². The fraction of sp³-hybridized carbons (Fsp3) is 0. The monoisotopic (exact) mass is 1040 g/mol. The van der Waals surface area contributed by atoms with E-state index in [4.69, 9.17) is 28.9 Å². The van der Waals surface area contributed by atoms with Crippen molar-refractivity contribution in [3.05, 3.63) is 237 Å². The van der Waals surface area contributed by atoms with Gasteiger partial charge in [0.05, 0.1) is 33.4 Å². The van der Waals surface area contributed by atoms with Crippen LogP contribution < -0.4 is 77.9 Å². The summed E-state index contributed by atoms with van der Waals surface area (Å²) in [5.41, 5.74) is 18.5. The summed E-state index contributed by atoms with van der Waals surface area (Å²) in [4.78, 5) is 16.0. The summed E-state index contributed by atoms with van der Waals surface area (Å²) in [6.07, 6.45) is 0. The molecule has 2 aromatic heterocycles. The van der Waals surface area contributed by atoms with Crippen molar-refractivity contribution in [2.24, 2.45) is 0 Å². The van der Waals surface area contributed by atoms with Gasteiger partial charge in [0.2, 0.25) is 11.9 Å². The van der Waals surface area contributed by atoms with Crippen LogP contribution >= 0.6 is 0 Å². The lowest BCUT2D eigenvalue weighted by Gasteiger charge is -2.46. The van der Waals surface area contributed by atoms with Gasteiger partial charge in [0.1, 0.15) is 46.0 Å². The maximum atomic E-state index is 7.64. The summed E-state index contributed by atoms with van der Waals surface area (Å²) in [6.45, 7) is -0.901. The first-order chi connectivity index (χ1) is 40.2. The topological polar surface area (TPSA) is 79.0 Å². The molecule has 0 saturated heterocycles. The number of imidazole rings is 2. The Morgan fingerprint density at radius 1 is 0.284 bits per heavy atom. The van der Waals surface area contributed by atoms with Crippen LogP contribution in [0.25, 0.3) is 33.4 Å². The van der Waals surface area contributed by atoms with Gasteiger partial charge < -0.3 is 18.9 Å². The molecule has 0 radical (unpaired) electrons. The van der Waals surface area contributed by atoms with E-state index in [-0.39, 0.29) is 13.4 Å². The van der Waals surface area contributed by atoms with E-state index in [1.54, 1.807) is 0 Å². The second kappa shape index (κ2) is 16.0. The van der Waals surface area contributed by atoms with Crippen molar-refractivity contribution in [2.75, 3.05) is 9.80 Å². The van der Waals surface area contributed by atoms with Gasteiger partial charge in [-0.25, -0.2) is 9.97 Å². The van der Waals surface area contributed by atoms with Crippen LogP contribution in [-0.4, -0.2) is 39.2 Å². The molecule has 0 aliphatic carbocycles. The van der Waals surface area contributed by atoms with Gasteiger partial charge >= 0.3 is 0 Å². The lowest BCUT2D eigenvalue weighted by Crippen LogP contribution is -2.67. The first-order valence-electron chi connectivity index (χ1n) is 27.5. The minimum absolute atomic E-state index is 0.196. The fourth-order valence-electron chi connectivity index (χ4n) is 14.2. The Balaban J connectivity index is 0.995. The Hall–Kier alpha value is -10.6. The number of para-hydroxylation sites is 10. The lowest BCUT2D eigenvalue weighted by atomic mass is 9.29. The third-order valence-corrected chi connectivity index (χ3v) is 17.4. The number of benzene rings is 11. The second-order valence-corrected chi connectivity index (χ2v) is 21.5. The van der Waals surface area contributed by atoms with E-state index < -0.39 is 6.71 Å². The molecule has 0 atom stereocenters. The SMILES string of the molecule is c1ccc(-n2c(N3c4cccc5c4B(c4c3cc3c6c4Oc4ccccc4B6c4ccccc4O3)c3c(cc4c6c3Oc3ccccc3B6c3ccccc3O4)N5c3nc4ccccc4n3-c3ccccc3)nc3ccccc32)cc1. The molecule has 19 rings (SSSR count). The number of rotatable bonds is 4. The number of hydrogen-bond donors (Lipinski definition) is 0. The summed E-state index contributed by atoms with van der Waals surface area (Å²) in [5, 5.41) is 0. The number of nitrogens with zero attached hydrogens (tertiary/aromatic N) is 6. The molecule has 0 bridgehead atoms. The van der Waals surface area contributed by atoms with Gasteiger partial charge in [-0.1, -0.05) is 140 Å². The van der Waals surface area contributed by atoms with Crippen molar-refractivity contribution >= 4 is 126 Å². The standard InChI is InChI=1S/C68H39B3N6O4/c1-3-20-40(21-4-1)74-48-30-13-11-28-46(48)72-67(74)76-50-32-19-33-51-60(50)71(61-52(76)38-58-63-65(61)80-56-36-17-9-26-44(56)69(63)42-24-7-15-34-54(42)78-58)62-53(77(51)68-73-47-29-12-14-31-49(47)75(68)41-22-5-2-6-23-41)39-59-64-66(62)81-57-37-18-10-27-45(57)70(64)43-25-8-16-35-55(43)79-59/h1-39H. The van der Waals surface area contributed by atoms with Gasteiger partial charge in [-0.05, 0) is 123 Å². The maximum absolute atomic E-state index is 7.64. The molecule has 0 saturated carbocycles. The highest BCUT2D eigenvalue weighted by atomic mass is 16.5. The summed E-state index contributed by atoms with van der Waals surface area (Å²) in [6, 6.07) is 82.9. The molecule has 13 heteroatoms. The van der Waals surface area contributed by atoms with Crippen molar-refractivity contribution < 1.29 is 18.9 Å². The van der Waals surface area contributed by atoms with E-state index in [9.17, 15) is 0 Å². The first kappa shape index (κ1) is 43.3. The molecule has 11 aromatic carbocycles. The molecule has 374 valence electrons. The maximum Gasteiger partial charge on any atom is 0.261 e. The summed E-state index contributed by atoms with van der Waals surface area (Å²) < 4.78 is 34.3. The highest BCUT2D eigenvalue weighted by Gasteiger charge is 2.54. The Morgan fingerprint density at radius 2 is 0.654 bits per heavy atom. The molecule has 0 amide bonds. The van der Waals surface area contributed by atoms with E-state index in [1.165, 1.54) is 0 Å². The van der Waals surface area contributed by atoms with Gasteiger partial charge in [-0.15, -0.1) is 0 Å². The predicted octanol–water partition coefficient (Wildman–Crippen LogP) is 9.90. The van der Waals surface area contributed by atoms with E-state index in [0.29, 0.717) is 11.9 Å². The van der Waals surface area contributed by atoms with Crippen molar-refractivity contribution in [2.45, 2.75) is 0 Å². The number of aromatic nitrogens is 4. The lowest BCUT2D eigenvalue weighted by molar-refractivity contribution is 0.466. The second-order valence-electron chi connectivity index (χ2n) is 21.5. The van der Waals surface area contributed by atoms with E-state index in [2.05, 4.69) is 256 Å². The Morgan fingerprint density at radius 3 is 1.09 bits per heavy atom. The van der Waals surface area contributed by atoms with E-state index in [0.717, 1.165) is 151 Å². The van der Waals surface area contributed by atoms with Crippen LogP contribution in [0.3, 0.4) is 0 Å². The minimum atomic E-state index is -0.510. The minimum Gasteiger partial charge on any atom is -0.459 e. The van der Waals surface area contributed by atoms with E-state index in [1.807, 2.05) is 0 Å². The van der Waals surface area contributed by atoms with Crippen LogP contribution in [0.2, 0.25) is 0 Å². The van der Waals surface area contributed by atoms with Gasteiger partial charge in [-0.3, -0.25) is 18.9 Å². The molecule has 8 heterocycles. The highest BCUT2D eigenvalue weighted by Crippen LogP contribution is 2.51. The zero-order valence-electron chi connectivity index (χ0n) is 43.1. The zero-order chi connectivity index (χ0) is 52.6. The molecule has 0 unspecified atom stereocenters. The molecule has 0 N–H and O–H groups in total. The van der Waals surface area contributed by atoms with Crippen molar-refractivity contribution in [3.8, 4) is 57.4 Å². The van der Waals surface area contributed by atoms with Crippen molar-refractivity contribution in [1.29, 1.82) is 0 Å². The van der Waals surface area contributed by atoms with Crippen LogP contribution in [-0.2, 0) is 0 Å².